The van der Waals surface area contributed by atoms with Crippen molar-refractivity contribution in [2.75, 3.05) is 16.8 Å². The molecule has 2 aromatic carbocycles. The third-order valence-electron chi connectivity index (χ3n) is 3.73. The summed E-state index contributed by atoms with van der Waals surface area (Å²) in [6.07, 6.45) is -0.665. The molecule has 0 unspecified atom stereocenters. The van der Waals surface area contributed by atoms with E-state index in [1.54, 1.807) is 25.1 Å². The van der Waals surface area contributed by atoms with Gasteiger partial charge in [0.1, 0.15) is 18.1 Å². The zero-order valence-electron chi connectivity index (χ0n) is 13.4. The van der Waals surface area contributed by atoms with Crippen molar-refractivity contribution >= 4 is 23.2 Å². The van der Waals surface area contributed by atoms with Crippen LogP contribution in [0.1, 0.15) is 12.5 Å². The van der Waals surface area contributed by atoms with Gasteiger partial charge in [-0.15, -0.1) is 0 Å². The normalized spacial score (nSPS) is 16.4. The molecular weight excluding hydrogens is 311 g/mol. The Kier molecular flexibility index (Phi) is 4.20. The first-order valence-corrected chi connectivity index (χ1v) is 7.58. The SMILES string of the molecule is Cc1ccc2c(c1)N(CC(=O)Nc1cccc(F)c1)C(=O)[C@@H](C)O2. The second-order valence-electron chi connectivity index (χ2n) is 5.71. The van der Waals surface area contributed by atoms with E-state index in [0.717, 1.165) is 5.56 Å². The van der Waals surface area contributed by atoms with Gasteiger partial charge in [0.2, 0.25) is 5.91 Å². The van der Waals surface area contributed by atoms with Gasteiger partial charge in [-0.25, -0.2) is 4.39 Å². The van der Waals surface area contributed by atoms with Crippen LogP contribution in [0.5, 0.6) is 5.75 Å². The van der Waals surface area contributed by atoms with Crippen molar-refractivity contribution in [3.05, 3.63) is 53.8 Å². The maximum absolute atomic E-state index is 13.2. The van der Waals surface area contributed by atoms with Gasteiger partial charge in [0.05, 0.1) is 5.69 Å². The summed E-state index contributed by atoms with van der Waals surface area (Å²) in [6, 6.07) is 11.1. The number of fused-ring (bicyclic) bond motifs is 1. The van der Waals surface area contributed by atoms with Crippen molar-refractivity contribution in [2.24, 2.45) is 0 Å². The zero-order valence-corrected chi connectivity index (χ0v) is 13.4. The summed E-state index contributed by atoms with van der Waals surface area (Å²) in [5.74, 6) is -0.575. The lowest BCUT2D eigenvalue weighted by Crippen LogP contribution is -2.47. The van der Waals surface area contributed by atoms with E-state index >= 15 is 0 Å². The summed E-state index contributed by atoms with van der Waals surface area (Å²) >= 11 is 0. The van der Waals surface area contributed by atoms with Crippen LogP contribution in [0.2, 0.25) is 0 Å². The molecule has 2 aromatic rings. The molecule has 124 valence electrons. The number of hydrogen-bond acceptors (Lipinski definition) is 3. The molecule has 0 aliphatic carbocycles. The molecule has 0 radical (unpaired) electrons. The molecule has 0 fully saturated rings. The monoisotopic (exact) mass is 328 g/mol. The first kappa shape index (κ1) is 16.0. The van der Waals surface area contributed by atoms with Crippen LogP contribution < -0.4 is 15.0 Å². The third kappa shape index (κ3) is 3.22. The summed E-state index contributed by atoms with van der Waals surface area (Å²) in [6.45, 7) is 3.37. The average molecular weight is 328 g/mol. The number of carbonyl (C=O) groups is 2. The maximum atomic E-state index is 13.2. The molecule has 2 amide bonds. The number of hydrogen-bond donors (Lipinski definition) is 1. The van der Waals surface area contributed by atoms with Gasteiger partial charge in [-0.05, 0) is 49.7 Å². The quantitative estimate of drug-likeness (QED) is 0.942. The first-order valence-electron chi connectivity index (χ1n) is 7.58. The van der Waals surface area contributed by atoms with E-state index in [2.05, 4.69) is 5.32 Å². The van der Waals surface area contributed by atoms with Crippen molar-refractivity contribution in [3.63, 3.8) is 0 Å². The summed E-state index contributed by atoms with van der Waals surface area (Å²) in [5.41, 5.74) is 1.86. The predicted molar refractivity (Wildman–Crippen MR) is 88.7 cm³/mol. The largest absolute Gasteiger partial charge is 0.479 e. The Morgan fingerprint density at radius 1 is 1.29 bits per heavy atom. The Hall–Kier alpha value is -2.89. The van der Waals surface area contributed by atoms with E-state index in [1.807, 2.05) is 13.0 Å². The number of nitrogens with one attached hydrogen (secondary N) is 1. The van der Waals surface area contributed by atoms with Crippen LogP contribution in [0, 0.1) is 12.7 Å². The number of ether oxygens (including phenoxy) is 1. The van der Waals surface area contributed by atoms with Crippen molar-refractivity contribution in [1.82, 2.24) is 0 Å². The lowest BCUT2D eigenvalue weighted by molar-refractivity contribution is -0.127. The number of carbonyl (C=O) groups excluding carboxylic acids is 2. The molecular formula is C18H17FN2O3. The highest BCUT2D eigenvalue weighted by Crippen LogP contribution is 2.34. The molecule has 1 aliphatic rings. The minimum absolute atomic E-state index is 0.167. The van der Waals surface area contributed by atoms with E-state index in [9.17, 15) is 14.0 Å². The van der Waals surface area contributed by atoms with E-state index in [1.165, 1.54) is 23.1 Å². The summed E-state index contributed by atoms with van der Waals surface area (Å²) in [5, 5.41) is 2.60. The Morgan fingerprint density at radius 2 is 2.08 bits per heavy atom. The van der Waals surface area contributed by atoms with Crippen molar-refractivity contribution < 1.29 is 18.7 Å². The molecule has 1 heterocycles. The minimum atomic E-state index is -0.665. The number of nitrogens with zero attached hydrogens (tertiary/aromatic N) is 1. The van der Waals surface area contributed by atoms with Gasteiger partial charge in [-0.1, -0.05) is 12.1 Å². The molecule has 0 saturated carbocycles. The molecule has 1 aliphatic heterocycles. The predicted octanol–water partition coefficient (Wildman–Crippen LogP) is 2.89. The summed E-state index contributed by atoms with van der Waals surface area (Å²) in [4.78, 5) is 26.1. The third-order valence-corrected chi connectivity index (χ3v) is 3.73. The summed E-state index contributed by atoms with van der Waals surface area (Å²) < 4.78 is 18.8. The lowest BCUT2D eigenvalue weighted by Gasteiger charge is -2.32. The van der Waals surface area contributed by atoms with Crippen molar-refractivity contribution in [3.8, 4) is 5.75 Å². The fraction of sp³-hybridized carbons (Fsp3) is 0.222. The molecule has 3 rings (SSSR count). The Balaban J connectivity index is 1.82. The van der Waals surface area contributed by atoms with Gasteiger partial charge >= 0.3 is 0 Å². The number of anilines is 2. The fourth-order valence-electron chi connectivity index (χ4n) is 2.59. The molecule has 0 aromatic heterocycles. The highest BCUT2D eigenvalue weighted by Gasteiger charge is 2.32. The van der Waals surface area contributed by atoms with Gasteiger partial charge in [-0.3, -0.25) is 14.5 Å². The van der Waals surface area contributed by atoms with Gasteiger partial charge in [0.15, 0.2) is 6.10 Å². The molecule has 24 heavy (non-hydrogen) atoms. The smallest absolute Gasteiger partial charge is 0.268 e. The zero-order chi connectivity index (χ0) is 17.3. The number of amides is 2. The summed E-state index contributed by atoms with van der Waals surface area (Å²) in [7, 11) is 0. The average Bonchev–Trinajstić information content (AvgIpc) is 2.52. The van der Waals surface area contributed by atoms with Crippen molar-refractivity contribution in [2.45, 2.75) is 20.0 Å². The second kappa shape index (κ2) is 6.31. The number of benzene rings is 2. The van der Waals surface area contributed by atoms with E-state index in [4.69, 9.17) is 4.74 Å². The van der Waals surface area contributed by atoms with Gasteiger partial charge in [-0.2, -0.15) is 0 Å². The standard InChI is InChI=1S/C18H17FN2O3/c1-11-6-7-16-15(8-11)21(18(23)12(2)24-16)10-17(22)20-14-5-3-4-13(19)9-14/h3-9,12H,10H2,1-2H3,(H,20,22)/t12-/m1/s1. The number of halogens is 1. The van der Waals surface area contributed by atoms with Crippen LogP contribution in [-0.4, -0.2) is 24.5 Å². The first-order chi connectivity index (χ1) is 11.4. The van der Waals surface area contributed by atoms with Crippen LogP contribution in [-0.2, 0) is 9.59 Å². The topological polar surface area (TPSA) is 58.6 Å². The van der Waals surface area contributed by atoms with Gasteiger partial charge in [0.25, 0.3) is 5.91 Å². The van der Waals surface area contributed by atoms with E-state index in [-0.39, 0.29) is 12.5 Å². The Labute approximate surface area is 139 Å². The number of aryl methyl sites for hydroxylation is 1. The van der Waals surface area contributed by atoms with Crippen LogP contribution in [0.15, 0.2) is 42.5 Å². The number of rotatable bonds is 3. The second-order valence-corrected chi connectivity index (χ2v) is 5.71. The highest BCUT2D eigenvalue weighted by molar-refractivity contribution is 6.06. The van der Waals surface area contributed by atoms with E-state index in [0.29, 0.717) is 17.1 Å². The molecule has 6 heteroatoms. The van der Waals surface area contributed by atoms with E-state index < -0.39 is 17.8 Å². The minimum Gasteiger partial charge on any atom is -0.479 e. The molecule has 1 N–H and O–H groups in total. The van der Waals surface area contributed by atoms with Crippen LogP contribution in [0.4, 0.5) is 15.8 Å². The molecule has 0 spiro atoms. The Bertz CT molecular complexity index is 807. The molecule has 0 bridgehead atoms. The van der Waals surface area contributed by atoms with Crippen LogP contribution >= 0.6 is 0 Å². The molecule has 0 saturated heterocycles. The van der Waals surface area contributed by atoms with Crippen LogP contribution in [0.25, 0.3) is 0 Å². The Morgan fingerprint density at radius 3 is 2.83 bits per heavy atom. The fourth-order valence-corrected chi connectivity index (χ4v) is 2.59. The van der Waals surface area contributed by atoms with Gasteiger partial charge in [0, 0.05) is 5.69 Å². The molecule has 1 atom stereocenters. The lowest BCUT2D eigenvalue weighted by atomic mass is 10.1. The van der Waals surface area contributed by atoms with Crippen molar-refractivity contribution in [1.29, 1.82) is 0 Å². The molecule has 5 nitrogen and oxygen atoms in total. The highest BCUT2D eigenvalue weighted by atomic mass is 19.1. The van der Waals surface area contributed by atoms with Crippen LogP contribution in [0.3, 0.4) is 0 Å². The maximum Gasteiger partial charge on any atom is 0.268 e. The van der Waals surface area contributed by atoms with Gasteiger partial charge < -0.3 is 10.1 Å².